The van der Waals surface area contributed by atoms with Crippen LogP contribution < -0.4 is 5.19 Å². The van der Waals surface area contributed by atoms with Crippen molar-refractivity contribution in [1.29, 1.82) is 0 Å². The van der Waals surface area contributed by atoms with Crippen molar-refractivity contribution in [3.8, 4) is 39.5 Å². The Morgan fingerprint density at radius 1 is 0.597 bits per heavy atom. The predicted octanol–water partition coefficient (Wildman–Crippen LogP) is 16.4. The van der Waals surface area contributed by atoms with Gasteiger partial charge >= 0.3 is 0 Å². The zero-order valence-corrected chi connectivity index (χ0v) is 43.0. The van der Waals surface area contributed by atoms with Crippen LogP contribution in [0.15, 0.2) is 161 Å². The number of nitrogens with zero attached hydrogens (tertiary/aromatic N) is 3. The zero-order chi connectivity index (χ0) is 46.8. The number of imidazole rings is 1. The van der Waals surface area contributed by atoms with E-state index in [1.165, 1.54) is 33.1 Å². The van der Waals surface area contributed by atoms with Crippen LogP contribution in [-0.2, 0) is 20.1 Å². The molecule has 0 fully saturated rings. The molecule has 0 bridgehead atoms. The van der Waals surface area contributed by atoms with Crippen molar-refractivity contribution in [1.82, 2.24) is 14.5 Å². The van der Waals surface area contributed by atoms with Gasteiger partial charge in [-0.05, 0) is 87.3 Å². The summed E-state index contributed by atoms with van der Waals surface area (Å²) in [5.74, 6) is 0.746. The monoisotopic (exact) mass is 1070 g/mol. The van der Waals surface area contributed by atoms with Gasteiger partial charge in [-0.2, -0.15) is 0 Å². The van der Waals surface area contributed by atoms with Crippen LogP contribution >= 0.6 is 0 Å². The fraction of sp³-hybridized carbons (Fsp3) is 0.200. The topological polar surface area (TPSA) is 57.0 Å². The van der Waals surface area contributed by atoms with E-state index in [1.54, 1.807) is 0 Å². The summed E-state index contributed by atoms with van der Waals surface area (Å²) >= 11 is 0. The van der Waals surface area contributed by atoms with Gasteiger partial charge in [-0.1, -0.05) is 150 Å². The van der Waals surface area contributed by atoms with Gasteiger partial charge in [0.15, 0.2) is 11.2 Å². The summed E-state index contributed by atoms with van der Waals surface area (Å²) in [4.78, 5) is 9.92. The molecule has 4 aromatic heterocycles. The van der Waals surface area contributed by atoms with Crippen molar-refractivity contribution in [3.05, 3.63) is 181 Å². The molecule has 0 aliphatic heterocycles. The Balaban J connectivity index is 0.000000232. The number of hydrogen-bond acceptors (Lipinski definition) is 4. The van der Waals surface area contributed by atoms with E-state index in [9.17, 15) is 0 Å². The van der Waals surface area contributed by atoms with E-state index < -0.39 is 14.0 Å². The number of aromatic nitrogens is 3. The number of furan rings is 2. The van der Waals surface area contributed by atoms with Crippen LogP contribution in [0.3, 0.4) is 0 Å². The van der Waals surface area contributed by atoms with Crippen LogP contribution in [0.1, 0.15) is 77.3 Å². The zero-order valence-electron chi connectivity index (χ0n) is 40.6. The summed E-state index contributed by atoms with van der Waals surface area (Å²) in [6.07, 6.45) is 1.98. The Morgan fingerprint density at radius 2 is 1.24 bits per heavy atom. The van der Waals surface area contributed by atoms with Gasteiger partial charge in [-0.3, -0.25) is 4.98 Å². The van der Waals surface area contributed by atoms with E-state index in [1.807, 2.05) is 68.6 Å². The van der Waals surface area contributed by atoms with Gasteiger partial charge in [-0.15, -0.1) is 54.1 Å². The third-order valence-electron chi connectivity index (χ3n) is 12.7. The van der Waals surface area contributed by atoms with Gasteiger partial charge in [0, 0.05) is 49.5 Å². The SMILES string of the molecule is CC(C)c1cc(-c2ccccc2)cc(C(C)C)c1-n1c(-c2[c-]ccc3c2oc2c3ccc3c4ccccc4oc32)nc2ccccc21.[2H]C(C)(C)c1cc(-c2[c-]cccc2)ncc1[Si](C)(C)C.[Ir]. The first-order valence-electron chi connectivity index (χ1n) is 23.5. The summed E-state index contributed by atoms with van der Waals surface area (Å²) in [5.41, 5.74) is 15.1. The van der Waals surface area contributed by atoms with Gasteiger partial charge in [0.2, 0.25) is 0 Å². The molecular formula is C60H55IrN3O2Si-2. The van der Waals surface area contributed by atoms with Crippen LogP contribution in [-0.4, -0.2) is 22.6 Å². The molecule has 0 atom stereocenters. The Morgan fingerprint density at radius 3 is 1.93 bits per heavy atom. The third kappa shape index (κ3) is 8.39. The number of benzene rings is 7. The Hall–Kier alpha value is -6.37. The smallest absolute Gasteiger partial charge is 0.177 e. The maximum Gasteiger partial charge on any atom is 0.177 e. The standard InChI is InChI=1S/C43H33N2O2.C17H22NSi.Ir/c1-25(2)34-23-28(27-13-6-5-7-14-27)24-35(26(3)4)39(34)45-37-19-10-9-18-36(37)44-43(45)33-17-12-16-30-32-22-21-31-29-15-8-11-20-38(29)46-41(31)42(32)47-40(30)33;1-13(2)15-11-16(14-9-7-6-8-10-14)18-12-17(15)19(3,4)5;/h5-16,18-26H,1-4H3;6-9,11-13H,1-5H3;/q2*-1;/i;13D;. The molecule has 67 heavy (non-hydrogen) atoms. The molecule has 7 aromatic carbocycles. The average molecular weight is 1070 g/mol. The van der Waals surface area contributed by atoms with E-state index >= 15 is 0 Å². The van der Waals surface area contributed by atoms with E-state index in [4.69, 9.17) is 15.2 Å². The van der Waals surface area contributed by atoms with E-state index in [2.05, 4.69) is 166 Å². The van der Waals surface area contributed by atoms with Crippen molar-refractivity contribution in [3.63, 3.8) is 0 Å². The van der Waals surface area contributed by atoms with Gasteiger partial charge < -0.3 is 18.4 Å². The number of hydrogen-bond donors (Lipinski definition) is 0. The van der Waals surface area contributed by atoms with Crippen molar-refractivity contribution in [2.45, 2.75) is 78.9 Å². The molecule has 0 amide bonds. The molecule has 337 valence electrons. The first kappa shape index (κ1) is 44.5. The molecule has 11 aromatic rings. The summed E-state index contributed by atoms with van der Waals surface area (Å²) in [5, 5.41) is 5.44. The van der Waals surface area contributed by atoms with Crippen molar-refractivity contribution >= 4 is 68.2 Å². The third-order valence-corrected chi connectivity index (χ3v) is 14.7. The molecule has 4 heterocycles. The van der Waals surface area contributed by atoms with Gasteiger partial charge in [0.05, 0.1) is 30.5 Å². The molecule has 7 heteroatoms. The second-order valence-corrected chi connectivity index (χ2v) is 24.2. The molecule has 0 saturated carbocycles. The van der Waals surface area contributed by atoms with Crippen molar-refractivity contribution in [2.75, 3.05) is 0 Å². The molecule has 0 unspecified atom stereocenters. The number of fused-ring (bicyclic) bond motifs is 8. The summed E-state index contributed by atoms with van der Waals surface area (Å²) in [6.45, 7) is 19.9. The second kappa shape index (κ2) is 18.4. The fourth-order valence-electron chi connectivity index (χ4n) is 9.35. The Labute approximate surface area is 409 Å². The first-order valence-corrected chi connectivity index (χ1v) is 26.5. The van der Waals surface area contributed by atoms with Gasteiger partial charge in [0.1, 0.15) is 5.58 Å². The van der Waals surface area contributed by atoms with E-state index in [0.29, 0.717) is 0 Å². The summed E-state index contributed by atoms with van der Waals surface area (Å²) in [6, 6.07) is 57.0. The van der Waals surface area contributed by atoms with E-state index in [0.717, 1.165) is 83.1 Å². The Bertz CT molecular complexity index is 3580. The number of para-hydroxylation sites is 3. The van der Waals surface area contributed by atoms with Crippen molar-refractivity contribution in [2.24, 2.45) is 0 Å². The molecule has 0 aliphatic rings. The minimum atomic E-state index is -1.50. The minimum absolute atomic E-state index is 0. The quantitative estimate of drug-likeness (QED) is 0.112. The normalized spacial score (nSPS) is 12.3. The molecule has 0 aliphatic carbocycles. The van der Waals surface area contributed by atoms with Crippen LogP contribution in [0.4, 0.5) is 0 Å². The van der Waals surface area contributed by atoms with Gasteiger partial charge in [-0.25, -0.2) is 0 Å². The fourth-order valence-corrected chi connectivity index (χ4v) is 10.9. The molecule has 0 saturated heterocycles. The van der Waals surface area contributed by atoms with Crippen LogP contribution in [0.25, 0.3) is 94.4 Å². The van der Waals surface area contributed by atoms with Crippen LogP contribution in [0, 0.1) is 12.1 Å². The molecular weight excluding hydrogens is 1010 g/mol. The van der Waals surface area contributed by atoms with E-state index in [-0.39, 0.29) is 31.9 Å². The first-order chi connectivity index (χ1) is 32.2. The number of pyridine rings is 1. The second-order valence-electron chi connectivity index (χ2n) is 19.2. The maximum absolute atomic E-state index is 8.44. The Kier molecular flexibility index (Phi) is 12.2. The van der Waals surface area contributed by atoms with Crippen LogP contribution in [0.5, 0.6) is 0 Å². The van der Waals surface area contributed by atoms with Crippen LogP contribution in [0.2, 0.25) is 19.6 Å². The van der Waals surface area contributed by atoms with Crippen molar-refractivity contribution < 1.29 is 30.3 Å². The average Bonchev–Trinajstić information content (AvgIpc) is 4.03. The molecule has 0 N–H and O–H groups in total. The largest absolute Gasteiger partial charge is 0.497 e. The molecule has 1 radical (unpaired) electrons. The van der Waals surface area contributed by atoms with Gasteiger partial charge in [0.25, 0.3) is 0 Å². The maximum atomic E-state index is 8.44. The molecule has 5 nitrogen and oxygen atoms in total. The minimum Gasteiger partial charge on any atom is -0.497 e. The number of rotatable bonds is 8. The summed E-state index contributed by atoms with van der Waals surface area (Å²) in [7, 11) is -1.50. The predicted molar refractivity (Wildman–Crippen MR) is 279 cm³/mol. The summed E-state index contributed by atoms with van der Waals surface area (Å²) < 4.78 is 24.0. The molecule has 0 spiro atoms. The molecule has 11 rings (SSSR count).